The number of hydrogen-bond donors (Lipinski definition) is 1. The molecule has 0 amide bonds. The average Bonchev–Trinajstić information content (AvgIpc) is 2.54. The normalized spacial score (nSPS) is 25.4. The van der Waals surface area contributed by atoms with Crippen LogP contribution >= 0.6 is 0 Å². The van der Waals surface area contributed by atoms with E-state index in [1.54, 1.807) is 0 Å². The zero-order valence-electron chi connectivity index (χ0n) is 13.1. The highest BCUT2D eigenvalue weighted by molar-refractivity contribution is 5.43. The Labute approximate surface area is 128 Å². The molecule has 1 N–H and O–H groups in total. The van der Waals surface area contributed by atoms with E-state index in [9.17, 15) is 0 Å². The van der Waals surface area contributed by atoms with Gasteiger partial charge in [-0.1, -0.05) is 19.1 Å². The van der Waals surface area contributed by atoms with Gasteiger partial charge in [-0.25, -0.2) is 0 Å². The highest BCUT2D eigenvalue weighted by atomic mass is 16.5. The largest absolute Gasteiger partial charge is 0.488 e. The van der Waals surface area contributed by atoms with E-state index in [-0.39, 0.29) is 6.10 Å². The molecular weight excluding hydrogens is 262 g/mol. The first-order valence-corrected chi connectivity index (χ1v) is 8.48. The molecule has 116 valence electrons. The van der Waals surface area contributed by atoms with Gasteiger partial charge >= 0.3 is 0 Å². The SMILES string of the molecule is CCCNC1CCCc2c(OC3CCCOC3)cccc21. The van der Waals surface area contributed by atoms with Crippen molar-refractivity contribution in [3.63, 3.8) is 0 Å². The summed E-state index contributed by atoms with van der Waals surface area (Å²) in [5, 5.41) is 3.68. The van der Waals surface area contributed by atoms with Gasteiger partial charge in [-0.05, 0) is 62.3 Å². The van der Waals surface area contributed by atoms with Crippen molar-refractivity contribution in [3.05, 3.63) is 29.3 Å². The summed E-state index contributed by atoms with van der Waals surface area (Å²) in [5.41, 5.74) is 2.87. The summed E-state index contributed by atoms with van der Waals surface area (Å²) in [6.45, 7) is 4.93. The van der Waals surface area contributed by atoms with Gasteiger partial charge in [0.25, 0.3) is 0 Å². The van der Waals surface area contributed by atoms with E-state index in [2.05, 4.69) is 30.4 Å². The fraction of sp³-hybridized carbons (Fsp3) is 0.667. The summed E-state index contributed by atoms with van der Waals surface area (Å²) >= 11 is 0. The second-order valence-corrected chi connectivity index (χ2v) is 6.18. The summed E-state index contributed by atoms with van der Waals surface area (Å²) in [7, 11) is 0. The molecule has 0 radical (unpaired) electrons. The van der Waals surface area contributed by atoms with Gasteiger partial charge < -0.3 is 14.8 Å². The van der Waals surface area contributed by atoms with E-state index in [4.69, 9.17) is 9.47 Å². The Morgan fingerprint density at radius 3 is 3.05 bits per heavy atom. The van der Waals surface area contributed by atoms with Crippen molar-refractivity contribution < 1.29 is 9.47 Å². The van der Waals surface area contributed by atoms with Crippen LogP contribution in [0.15, 0.2) is 18.2 Å². The first kappa shape index (κ1) is 14.9. The van der Waals surface area contributed by atoms with Crippen molar-refractivity contribution in [1.82, 2.24) is 5.32 Å². The molecule has 3 heteroatoms. The Balaban J connectivity index is 1.75. The second kappa shape index (κ2) is 7.28. The van der Waals surface area contributed by atoms with Crippen molar-refractivity contribution in [3.8, 4) is 5.75 Å². The molecule has 1 saturated heterocycles. The summed E-state index contributed by atoms with van der Waals surface area (Å²) < 4.78 is 11.8. The van der Waals surface area contributed by atoms with Gasteiger partial charge in [-0.15, -0.1) is 0 Å². The number of hydrogen-bond acceptors (Lipinski definition) is 3. The topological polar surface area (TPSA) is 30.5 Å². The quantitative estimate of drug-likeness (QED) is 0.898. The second-order valence-electron chi connectivity index (χ2n) is 6.18. The summed E-state index contributed by atoms with van der Waals surface area (Å²) in [5.74, 6) is 1.09. The van der Waals surface area contributed by atoms with Crippen molar-refractivity contribution in [2.75, 3.05) is 19.8 Å². The molecule has 3 rings (SSSR count). The van der Waals surface area contributed by atoms with Crippen LogP contribution in [0.1, 0.15) is 56.2 Å². The van der Waals surface area contributed by atoms with Crippen molar-refractivity contribution >= 4 is 0 Å². The molecule has 1 fully saturated rings. The number of rotatable bonds is 5. The molecule has 0 aromatic heterocycles. The molecule has 3 nitrogen and oxygen atoms in total. The third kappa shape index (κ3) is 3.58. The van der Waals surface area contributed by atoms with Crippen LogP contribution in [-0.2, 0) is 11.2 Å². The summed E-state index contributed by atoms with van der Waals surface area (Å²) in [4.78, 5) is 0. The minimum atomic E-state index is 0.231. The lowest BCUT2D eigenvalue weighted by Gasteiger charge is -2.30. The maximum Gasteiger partial charge on any atom is 0.123 e. The predicted octanol–water partition coefficient (Wildman–Crippen LogP) is 3.62. The molecule has 2 atom stereocenters. The molecular formula is C18H27NO2. The van der Waals surface area contributed by atoms with E-state index in [1.165, 1.54) is 30.4 Å². The Hall–Kier alpha value is -1.06. The van der Waals surface area contributed by atoms with E-state index >= 15 is 0 Å². The summed E-state index contributed by atoms with van der Waals surface area (Å²) in [6.07, 6.45) is 7.26. The van der Waals surface area contributed by atoms with E-state index < -0.39 is 0 Å². The van der Waals surface area contributed by atoms with Crippen molar-refractivity contribution in [2.24, 2.45) is 0 Å². The van der Waals surface area contributed by atoms with E-state index in [0.717, 1.165) is 44.8 Å². The van der Waals surface area contributed by atoms with E-state index in [0.29, 0.717) is 6.04 Å². The van der Waals surface area contributed by atoms with Crippen LogP contribution in [0.4, 0.5) is 0 Å². The minimum Gasteiger partial charge on any atom is -0.488 e. The molecule has 1 aromatic carbocycles. The van der Waals surface area contributed by atoms with Gasteiger partial charge in [0, 0.05) is 12.6 Å². The van der Waals surface area contributed by atoms with Crippen LogP contribution in [0.25, 0.3) is 0 Å². The molecule has 0 bridgehead atoms. The average molecular weight is 289 g/mol. The minimum absolute atomic E-state index is 0.231. The van der Waals surface area contributed by atoms with Crippen LogP contribution in [0.5, 0.6) is 5.75 Å². The van der Waals surface area contributed by atoms with Gasteiger partial charge in [-0.3, -0.25) is 0 Å². The standard InChI is InChI=1S/C18H27NO2/c1-2-11-19-17-9-3-8-16-15(17)7-4-10-18(16)21-14-6-5-12-20-13-14/h4,7,10,14,17,19H,2-3,5-6,8-9,11-13H2,1H3. The van der Waals surface area contributed by atoms with Crippen LogP contribution in [0.2, 0.25) is 0 Å². The molecule has 2 unspecified atom stereocenters. The molecule has 21 heavy (non-hydrogen) atoms. The third-order valence-electron chi connectivity index (χ3n) is 4.52. The Bertz CT molecular complexity index is 455. The lowest BCUT2D eigenvalue weighted by Crippen LogP contribution is -2.30. The smallest absolute Gasteiger partial charge is 0.123 e. The lowest BCUT2D eigenvalue weighted by atomic mass is 9.87. The number of fused-ring (bicyclic) bond motifs is 1. The van der Waals surface area contributed by atoms with Crippen molar-refractivity contribution in [1.29, 1.82) is 0 Å². The maximum atomic E-state index is 6.25. The van der Waals surface area contributed by atoms with Crippen LogP contribution < -0.4 is 10.1 Å². The van der Waals surface area contributed by atoms with Crippen molar-refractivity contribution in [2.45, 2.75) is 57.6 Å². The fourth-order valence-electron chi connectivity index (χ4n) is 3.44. The number of ether oxygens (including phenoxy) is 2. The molecule has 0 spiro atoms. The number of benzene rings is 1. The van der Waals surface area contributed by atoms with E-state index in [1.807, 2.05) is 0 Å². The van der Waals surface area contributed by atoms with Crippen LogP contribution in [-0.4, -0.2) is 25.9 Å². The summed E-state index contributed by atoms with van der Waals surface area (Å²) in [6, 6.07) is 7.05. The predicted molar refractivity (Wildman–Crippen MR) is 84.9 cm³/mol. The zero-order chi connectivity index (χ0) is 14.5. The molecule has 1 heterocycles. The number of nitrogens with one attached hydrogen (secondary N) is 1. The van der Waals surface area contributed by atoms with Gasteiger partial charge in [0.1, 0.15) is 11.9 Å². The van der Waals surface area contributed by atoms with Gasteiger partial charge in [-0.2, -0.15) is 0 Å². The van der Waals surface area contributed by atoms with Crippen LogP contribution in [0.3, 0.4) is 0 Å². The first-order valence-electron chi connectivity index (χ1n) is 8.48. The van der Waals surface area contributed by atoms with Gasteiger partial charge in [0.15, 0.2) is 0 Å². The highest BCUT2D eigenvalue weighted by Gasteiger charge is 2.24. The fourth-order valence-corrected chi connectivity index (χ4v) is 3.44. The molecule has 1 aromatic rings. The maximum absolute atomic E-state index is 6.25. The molecule has 1 aliphatic carbocycles. The Morgan fingerprint density at radius 2 is 2.24 bits per heavy atom. The van der Waals surface area contributed by atoms with Crippen LogP contribution in [0, 0.1) is 0 Å². The molecule has 1 aliphatic heterocycles. The van der Waals surface area contributed by atoms with Gasteiger partial charge in [0.05, 0.1) is 6.61 Å². The highest BCUT2D eigenvalue weighted by Crippen LogP contribution is 2.36. The lowest BCUT2D eigenvalue weighted by molar-refractivity contribution is 0.00691. The first-order chi connectivity index (χ1) is 10.4. The monoisotopic (exact) mass is 289 g/mol. The third-order valence-corrected chi connectivity index (χ3v) is 4.52. The zero-order valence-corrected chi connectivity index (χ0v) is 13.1. The molecule has 2 aliphatic rings. The Kier molecular flexibility index (Phi) is 5.15. The Morgan fingerprint density at radius 1 is 1.29 bits per heavy atom. The van der Waals surface area contributed by atoms with Gasteiger partial charge in [0.2, 0.25) is 0 Å². The molecule has 0 saturated carbocycles.